The zero-order chi connectivity index (χ0) is 12.7. The molecule has 0 heterocycles. The van der Waals surface area contributed by atoms with E-state index < -0.39 is 0 Å². The molecule has 5 N–H and O–H groups in total. The second kappa shape index (κ2) is 6.90. The van der Waals surface area contributed by atoms with Crippen LogP contribution in [0.1, 0.15) is 18.9 Å². The van der Waals surface area contributed by atoms with Gasteiger partial charge in [0.15, 0.2) is 0 Å². The molecule has 0 spiro atoms. The van der Waals surface area contributed by atoms with Gasteiger partial charge in [-0.05, 0) is 24.6 Å². The monoisotopic (exact) mass is 299 g/mol. The number of nitrogens with one attached hydrogen (secondary N) is 1. The highest BCUT2D eigenvalue weighted by atomic mass is 79.9. The second-order valence-electron chi connectivity index (χ2n) is 3.34. The van der Waals surface area contributed by atoms with Gasteiger partial charge in [-0.15, -0.1) is 5.10 Å². The molecule has 0 aliphatic carbocycles. The Bertz CT molecular complexity index is 427. The van der Waals surface area contributed by atoms with E-state index in [1.54, 1.807) is 6.21 Å². The van der Waals surface area contributed by atoms with Crippen molar-refractivity contribution in [3.8, 4) is 5.75 Å². The number of hydrogen-bond acceptors (Lipinski definition) is 2. The van der Waals surface area contributed by atoms with Crippen molar-refractivity contribution in [1.82, 2.24) is 0 Å². The van der Waals surface area contributed by atoms with Gasteiger partial charge in [0.25, 0.3) is 5.96 Å². The summed E-state index contributed by atoms with van der Waals surface area (Å²) >= 11 is 3.40. The van der Waals surface area contributed by atoms with E-state index in [4.69, 9.17) is 16.2 Å². The van der Waals surface area contributed by atoms with Gasteiger partial charge < -0.3 is 16.2 Å². The van der Waals surface area contributed by atoms with Crippen molar-refractivity contribution in [2.75, 3.05) is 6.61 Å². The minimum absolute atomic E-state index is 0.0210. The Labute approximate surface area is 109 Å². The largest absolute Gasteiger partial charge is 0.493 e. The fourth-order valence-electron chi connectivity index (χ4n) is 1.15. The molecule has 6 heteroatoms. The average Bonchev–Trinajstić information content (AvgIpc) is 2.27. The molecule has 0 atom stereocenters. The standard InChI is InChI=1S/C11H15BrN4O/c1-2-5-17-10-4-3-9(12)6-8(10)7-15-16-11(13)14/h3-4,6-7H,2,5H2,1H3,(H4,13,14,16)/p+1/b15-7+. The minimum Gasteiger partial charge on any atom is -0.493 e. The van der Waals surface area contributed by atoms with Gasteiger partial charge in [0, 0.05) is 9.57 Å². The number of hydrogen-bond donors (Lipinski definition) is 3. The number of benzene rings is 1. The first kappa shape index (κ1) is 13.5. The maximum atomic E-state index is 5.60. The van der Waals surface area contributed by atoms with Crippen LogP contribution in [-0.2, 0) is 0 Å². The van der Waals surface area contributed by atoms with Gasteiger partial charge in [0.05, 0.1) is 12.2 Å². The number of ether oxygens (including phenoxy) is 1. The van der Waals surface area contributed by atoms with Gasteiger partial charge >= 0.3 is 0 Å². The molecule has 0 amide bonds. The van der Waals surface area contributed by atoms with Crippen LogP contribution in [0.3, 0.4) is 0 Å². The first-order valence-electron chi connectivity index (χ1n) is 5.23. The highest BCUT2D eigenvalue weighted by Gasteiger charge is 2.04. The van der Waals surface area contributed by atoms with Gasteiger partial charge in [-0.2, -0.15) is 0 Å². The average molecular weight is 300 g/mol. The fraction of sp³-hybridized carbons (Fsp3) is 0.273. The summed E-state index contributed by atoms with van der Waals surface area (Å²) in [7, 11) is 0. The van der Waals surface area contributed by atoms with E-state index in [1.165, 1.54) is 0 Å². The van der Waals surface area contributed by atoms with Crippen LogP contribution in [0.2, 0.25) is 0 Å². The van der Waals surface area contributed by atoms with Gasteiger partial charge in [-0.25, -0.2) is 0 Å². The second-order valence-corrected chi connectivity index (χ2v) is 4.26. The maximum Gasteiger partial charge on any atom is 0.256 e. The molecular weight excluding hydrogens is 284 g/mol. The number of nitrogens with two attached hydrogens (primary N) is 2. The number of nitrogens with zero attached hydrogens (tertiary/aromatic N) is 1. The number of halogens is 1. The molecular formula is C11H16BrN4O+. The molecule has 0 aliphatic heterocycles. The van der Waals surface area contributed by atoms with Gasteiger partial charge in [0.1, 0.15) is 5.75 Å². The molecule has 1 aromatic carbocycles. The number of hydrazone groups is 1. The molecule has 0 unspecified atom stereocenters. The van der Waals surface area contributed by atoms with Crippen molar-refractivity contribution in [1.29, 1.82) is 0 Å². The first-order valence-corrected chi connectivity index (χ1v) is 6.02. The zero-order valence-corrected chi connectivity index (χ0v) is 11.2. The molecule has 0 fully saturated rings. The molecule has 0 aromatic heterocycles. The lowest BCUT2D eigenvalue weighted by Gasteiger charge is -2.06. The van der Waals surface area contributed by atoms with E-state index in [0.29, 0.717) is 6.61 Å². The third-order valence-corrected chi connectivity index (χ3v) is 2.34. The third kappa shape index (κ3) is 4.86. The lowest BCUT2D eigenvalue weighted by Crippen LogP contribution is -2.63. The number of guanidine groups is 1. The lowest BCUT2D eigenvalue weighted by atomic mass is 10.2. The van der Waals surface area contributed by atoms with E-state index in [0.717, 1.165) is 22.2 Å². The fourth-order valence-corrected chi connectivity index (χ4v) is 1.53. The third-order valence-electron chi connectivity index (χ3n) is 1.85. The Morgan fingerprint density at radius 3 is 2.94 bits per heavy atom. The molecule has 17 heavy (non-hydrogen) atoms. The predicted molar refractivity (Wildman–Crippen MR) is 71.9 cm³/mol. The summed E-state index contributed by atoms with van der Waals surface area (Å²) < 4.78 is 6.55. The van der Waals surface area contributed by atoms with Crippen molar-refractivity contribution in [2.24, 2.45) is 16.6 Å². The van der Waals surface area contributed by atoms with Crippen molar-refractivity contribution in [2.45, 2.75) is 13.3 Å². The van der Waals surface area contributed by atoms with Crippen LogP contribution >= 0.6 is 15.9 Å². The van der Waals surface area contributed by atoms with Crippen LogP contribution in [-0.4, -0.2) is 18.8 Å². The molecule has 0 saturated heterocycles. The molecule has 92 valence electrons. The first-order chi connectivity index (χ1) is 8.13. The zero-order valence-electron chi connectivity index (χ0n) is 9.61. The van der Waals surface area contributed by atoms with Crippen molar-refractivity contribution in [3.63, 3.8) is 0 Å². The quantitative estimate of drug-likeness (QED) is 0.404. The van der Waals surface area contributed by atoms with Crippen LogP contribution in [0, 0.1) is 0 Å². The van der Waals surface area contributed by atoms with Crippen LogP contribution in [0.5, 0.6) is 5.75 Å². The summed E-state index contributed by atoms with van der Waals surface area (Å²) in [6.07, 6.45) is 2.63. The summed E-state index contributed by atoms with van der Waals surface area (Å²) in [6.45, 7) is 2.73. The summed E-state index contributed by atoms with van der Waals surface area (Å²) in [5.41, 5.74) is 11.3. The molecule has 0 aliphatic rings. The van der Waals surface area contributed by atoms with E-state index in [9.17, 15) is 0 Å². The van der Waals surface area contributed by atoms with Crippen molar-refractivity contribution in [3.05, 3.63) is 28.2 Å². The Balaban J connectivity index is 2.90. The van der Waals surface area contributed by atoms with Gasteiger partial charge in [-0.3, -0.25) is 0 Å². The van der Waals surface area contributed by atoms with Crippen LogP contribution in [0.15, 0.2) is 27.8 Å². The lowest BCUT2D eigenvalue weighted by molar-refractivity contribution is -0.456. The molecule has 0 bridgehead atoms. The molecule has 1 rings (SSSR count). The normalized spacial score (nSPS) is 10.5. The highest BCUT2D eigenvalue weighted by Crippen LogP contribution is 2.21. The van der Waals surface area contributed by atoms with Crippen LogP contribution in [0.25, 0.3) is 0 Å². The maximum absolute atomic E-state index is 5.60. The van der Waals surface area contributed by atoms with E-state index >= 15 is 0 Å². The summed E-state index contributed by atoms with van der Waals surface area (Å²) in [5, 5.41) is 6.32. The smallest absolute Gasteiger partial charge is 0.256 e. The van der Waals surface area contributed by atoms with Gasteiger partial charge in [-0.1, -0.05) is 22.9 Å². The molecule has 5 nitrogen and oxygen atoms in total. The molecule has 1 aromatic rings. The minimum atomic E-state index is -0.0210. The Morgan fingerprint density at radius 1 is 1.53 bits per heavy atom. The van der Waals surface area contributed by atoms with E-state index in [2.05, 4.69) is 33.1 Å². The summed E-state index contributed by atoms with van der Waals surface area (Å²) in [4.78, 5) is 0. The Morgan fingerprint density at radius 2 is 2.29 bits per heavy atom. The van der Waals surface area contributed by atoms with Crippen LogP contribution in [0.4, 0.5) is 0 Å². The van der Waals surface area contributed by atoms with Gasteiger partial charge in [0.2, 0.25) is 6.21 Å². The van der Waals surface area contributed by atoms with Crippen molar-refractivity contribution >= 4 is 28.1 Å². The summed E-state index contributed by atoms with van der Waals surface area (Å²) in [6, 6.07) is 5.73. The van der Waals surface area contributed by atoms with E-state index in [1.807, 2.05) is 18.2 Å². The van der Waals surface area contributed by atoms with E-state index in [-0.39, 0.29) is 5.96 Å². The summed E-state index contributed by atoms with van der Waals surface area (Å²) in [5.74, 6) is 0.764. The molecule has 0 saturated carbocycles. The Kier molecular flexibility index (Phi) is 5.48. The molecule has 0 radical (unpaired) electrons. The van der Waals surface area contributed by atoms with Crippen LogP contribution < -0.4 is 21.3 Å². The van der Waals surface area contributed by atoms with Crippen molar-refractivity contribution < 1.29 is 9.84 Å². The topological polar surface area (TPSA) is 87.6 Å². The highest BCUT2D eigenvalue weighted by molar-refractivity contribution is 9.10. The SMILES string of the molecule is CCCOc1ccc(Br)cc1/C=[NH+]/N=C(N)N. The Hall–Kier alpha value is -1.56. The predicted octanol–water partition coefficient (Wildman–Crippen LogP) is -0.0742. The number of rotatable bonds is 5.